The molecular weight excluding hydrogens is 304 g/mol. The van der Waals surface area contributed by atoms with Crippen LogP contribution in [0.5, 0.6) is 0 Å². The Morgan fingerprint density at radius 2 is 2.11 bits per heavy atom. The van der Waals surface area contributed by atoms with Crippen LogP contribution in [0.4, 0.5) is 0 Å². The minimum atomic E-state index is -3.38. The van der Waals surface area contributed by atoms with E-state index in [0.717, 1.165) is 29.7 Å². The maximum atomic E-state index is 12.6. The molecule has 19 heavy (non-hydrogen) atoms. The minimum Gasteiger partial charge on any atom is -0.310 e. The minimum absolute atomic E-state index is 0.304. The monoisotopic (exact) mass is 320 g/mol. The van der Waals surface area contributed by atoms with Gasteiger partial charge in [-0.05, 0) is 37.8 Å². The van der Waals surface area contributed by atoms with Crippen LogP contribution < -0.4 is 5.32 Å². The highest BCUT2D eigenvalue weighted by Crippen LogP contribution is 2.33. The van der Waals surface area contributed by atoms with Gasteiger partial charge in [0.25, 0.3) is 10.0 Å². The average Bonchev–Trinajstić information content (AvgIpc) is 2.83. The van der Waals surface area contributed by atoms with Crippen molar-refractivity contribution in [3.8, 4) is 0 Å². The summed E-state index contributed by atoms with van der Waals surface area (Å²) in [6.07, 6.45) is 3.14. The molecule has 2 bridgehead atoms. The van der Waals surface area contributed by atoms with Crippen molar-refractivity contribution in [1.29, 1.82) is 0 Å². The van der Waals surface area contributed by atoms with Crippen molar-refractivity contribution < 1.29 is 8.42 Å². The van der Waals surface area contributed by atoms with Gasteiger partial charge in [0.15, 0.2) is 0 Å². The molecule has 0 amide bonds. The summed E-state index contributed by atoms with van der Waals surface area (Å²) >= 11 is 7.15. The Balaban J connectivity index is 1.87. The SMILES string of the molecule is Cc1cc(S(=O)(=O)N2CCC3CCC(C2)N3)sc1Cl. The lowest BCUT2D eigenvalue weighted by Gasteiger charge is -2.22. The maximum absolute atomic E-state index is 12.6. The van der Waals surface area contributed by atoms with E-state index >= 15 is 0 Å². The second kappa shape index (κ2) is 5.00. The van der Waals surface area contributed by atoms with Crippen molar-refractivity contribution in [2.24, 2.45) is 0 Å². The van der Waals surface area contributed by atoms with Crippen molar-refractivity contribution in [3.05, 3.63) is 16.0 Å². The molecule has 2 fully saturated rings. The molecule has 2 saturated heterocycles. The summed E-state index contributed by atoms with van der Waals surface area (Å²) in [6, 6.07) is 2.47. The second-order valence-electron chi connectivity index (χ2n) is 5.31. The summed E-state index contributed by atoms with van der Waals surface area (Å²) in [4.78, 5) is 0. The first-order valence-electron chi connectivity index (χ1n) is 6.49. The molecular formula is C12H17ClN2O2S2. The van der Waals surface area contributed by atoms with Crippen LogP contribution in [0.2, 0.25) is 4.34 Å². The van der Waals surface area contributed by atoms with Crippen LogP contribution in [0.1, 0.15) is 24.8 Å². The molecule has 0 spiro atoms. The van der Waals surface area contributed by atoms with Gasteiger partial charge in [0.05, 0.1) is 4.34 Å². The Morgan fingerprint density at radius 1 is 1.37 bits per heavy atom. The van der Waals surface area contributed by atoms with E-state index in [-0.39, 0.29) is 0 Å². The number of fused-ring (bicyclic) bond motifs is 2. The normalized spacial score (nSPS) is 28.5. The smallest absolute Gasteiger partial charge is 0.252 e. The highest BCUT2D eigenvalue weighted by Gasteiger charge is 2.35. The Morgan fingerprint density at radius 3 is 2.79 bits per heavy atom. The number of nitrogens with one attached hydrogen (secondary N) is 1. The number of rotatable bonds is 2. The van der Waals surface area contributed by atoms with Gasteiger partial charge in [-0.3, -0.25) is 0 Å². The molecule has 2 atom stereocenters. The number of hydrogen-bond acceptors (Lipinski definition) is 4. The van der Waals surface area contributed by atoms with Gasteiger partial charge < -0.3 is 5.32 Å². The molecule has 2 unspecified atom stereocenters. The average molecular weight is 321 g/mol. The summed E-state index contributed by atoms with van der Waals surface area (Å²) in [6.45, 7) is 3.02. The van der Waals surface area contributed by atoms with Crippen molar-refractivity contribution in [2.45, 2.75) is 42.5 Å². The van der Waals surface area contributed by atoms with E-state index in [1.165, 1.54) is 6.42 Å². The molecule has 0 radical (unpaired) electrons. The van der Waals surface area contributed by atoms with Crippen molar-refractivity contribution >= 4 is 33.0 Å². The number of hydrogen-bond donors (Lipinski definition) is 1. The highest BCUT2D eigenvalue weighted by molar-refractivity contribution is 7.91. The molecule has 0 saturated carbocycles. The van der Waals surface area contributed by atoms with Gasteiger partial charge in [-0.2, -0.15) is 4.31 Å². The van der Waals surface area contributed by atoms with Gasteiger partial charge in [0.1, 0.15) is 4.21 Å². The van der Waals surface area contributed by atoms with Crippen molar-refractivity contribution in [3.63, 3.8) is 0 Å². The topological polar surface area (TPSA) is 49.4 Å². The molecule has 0 aromatic carbocycles. The van der Waals surface area contributed by atoms with Gasteiger partial charge in [-0.25, -0.2) is 8.42 Å². The van der Waals surface area contributed by atoms with Gasteiger partial charge in [-0.1, -0.05) is 11.6 Å². The zero-order valence-corrected chi connectivity index (χ0v) is 13.1. The van der Waals surface area contributed by atoms with Crippen molar-refractivity contribution in [1.82, 2.24) is 9.62 Å². The van der Waals surface area contributed by atoms with E-state index in [9.17, 15) is 8.42 Å². The van der Waals surface area contributed by atoms with Crippen LogP contribution in [0, 0.1) is 6.92 Å². The quantitative estimate of drug-likeness (QED) is 0.909. The summed E-state index contributed by atoms with van der Waals surface area (Å²) < 4.78 is 27.8. The molecule has 2 aliphatic heterocycles. The molecule has 1 N–H and O–H groups in total. The largest absolute Gasteiger partial charge is 0.310 e. The van der Waals surface area contributed by atoms with Gasteiger partial charge in [0.2, 0.25) is 0 Å². The lowest BCUT2D eigenvalue weighted by Crippen LogP contribution is -2.38. The fourth-order valence-electron chi connectivity index (χ4n) is 2.82. The number of sulfonamides is 1. The standard InChI is InChI=1S/C12H17ClN2O2S2/c1-8-6-11(18-12(8)13)19(16,17)15-5-4-9-2-3-10(7-15)14-9/h6,9-10,14H,2-5,7H2,1H3. The summed E-state index contributed by atoms with van der Waals surface area (Å²) in [5.41, 5.74) is 0.833. The fraction of sp³-hybridized carbons (Fsp3) is 0.667. The second-order valence-corrected chi connectivity index (χ2v) is 9.13. The Kier molecular flexibility index (Phi) is 3.64. The molecule has 1 aromatic rings. The fourth-order valence-corrected chi connectivity index (χ4v) is 6.18. The molecule has 0 aliphatic carbocycles. The highest BCUT2D eigenvalue weighted by atomic mass is 35.5. The number of thiophene rings is 1. The van der Waals surface area contributed by atoms with Crippen LogP contribution in [0.15, 0.2) is 10.3 Å². The van der Waals surface area contributed by atoms with Crippen LogP contribution in [-0.4, -0.2) is 37.9 Å². The maximum Gasteiger partial charge on any atom is 0.252 e. The molecule has 4 nitrogen and oxygen atoms in total. The lowest BCUT2D eigenvalue weighted by molar-refractivity contribution is 0.384. The number of halogens is 1. The van der Waals surface area contributed by atoms with Crippen LogP contribution in [-0.2, 0) is 10.0 Å². The first kappa shape index (κ1) is 13.8. The Labute approximate surface area is 122 Å². The summed E-state index contributed by atoms with van der Waals surface area (Å²) in [7, 11) is -3.38. The van der Waals surface area contributed by atoms with Crippen LogP contribution in [0.3, 0.4) is 0 Å². The van der Waals surface area contributed by atoms with E-state index in [4.69, 9.17) is 11.6 Å². The van der Waals surface area contributed by atoms with E-state index in [1.807, 2.05) is 6.92 Å². The first-order chi connectivity index (χ1) is 8.96. The number of aryl methyl sites for hydroxylation is 1. The molecule has 1 aromatic heterocycles. The third-order valence-corrected chi connectivity index (χ3v) is 7.78. The zero-order valence-electron chi connectivity index (χ0n) is 10.7. The van der Waals surface area contributed by atoms with Crippen LogP contribution >= 0.6 is 22.9 Å². The third kappa shape index (κ3) is 2.56. The Hall–Kier alpha value is -0.140. The van der Waals surface area contributed by atoms with E-state index in [2.05, 4.69) is 5.32 Å². The van der Waals surface area contributed by atoms with Gasteiger partial charge in [-0.15, -0.1) is 11.3 Å². The summed E-state index contributed by atoms with van der Waals surface area (Å²) in [5, 5.41) is 3.49. The molecule has 106 valence electrons. The predicted molar refractivity (Wildman–Crippen MR) is 77.4 cm³/mol. The van der Waals surface area contributed by atoms with E-state index in [0.29, 0.717) is 33.7 Å². The first-order valence-corrected chi connectivity index (χ1v) is 9.12. The molecule has 3 rings (SSSR count). The predicted octanol–water partition coefficient (Wildman–Crippen LogP) is 2.22. The molecule has 7 heteroatoms. The van der Waals surface area contributed by atoms with Gasteiger partial charge in [0, 0.05) is 25.2 Å². The third-order valence-electron chi connectivity index (χ3n) is 3.91. The van der Waals surface area contributed by atoms with Gasteiger partial charge >= 0.3 is 0 Å². The summed E-state index contributed by atoms with van der Waals surface area (Å²) in [5.74, 6) is 0. The van der Waals surface area contributed by atoms with Crippen LogP contribution in [0.25, 0.3) is 0 Å². The van der Waals surface area contributed by atoms with E-state index < -0.39 is 10.0 Å². The van der Waals surface area contributed by atoms with Crippen molar-refractivity contribution in [2.75, 3.05) is 13.1 Å². The number of nitrogens with zero attached hydrogens (tertiary/aromatic N) is 1. The molecule has 2 aliphatic rings. The lowest BCUT2D eigenvalue weighted by atomic mass is 10.1. The Bertz CT molecular complexity index is 565. The molecule has 3 heterocycles. The van der Waals surface area contributed by atoms with E-state index in [1.54, 1.807) is 10.4 Å². The zero-order chi connectivity index (χ0) is 13.6.